The number of aromatic nitrogens is 2. The van der Waals surface area contributed by atoms with Crippen LogP contribution in [0.4, 0.5) is 5.69 Å². The molecular formula is C24H20IrN3-. The second kappa shape index (κ2) is 8.35. The minimum atomic E-state index is 0. The summed E-state index contributed by atoms with van der Waals surface area (Å²) in [5, 5.41) is 0. The molecule has 1 heterocycles. The fourth-order valence-corrected chi connectivity index (χ4v) is 3.47. The first-order chi connectivity index (χ1) is 13.2. The fraction of sp³-hybridized carbons (Fsp3) is 0.0833. The van der Waals surface area contributed by atoms with Crippen LogP contribution in [-0.4, -0.2) is 9.55 Å². The minimum absolute atomic E-state index is 0. The zero-order chi connectivity index (χ0) is 18.8. The van der Waals surface area contributed by atoms with E-state index in [2.05, 4.69) is 70.7 Å². The summed E-state index contributed by atoms with van der Waals surface area (Å²) < 4.78 is 2.08. The van der Waals surface area contributed by atoms with E-state index >= 15 is 0 Å². The Bertz CT molecular complexity index is 1140. The van der Waals surface area contributed by atoms with Gasteiger partial charge in [0.25, 0.3) is 0 Å². The fourth-order valence-electron chi connectivity index (χ4n) is 3.47. The summed E-state index contributed by atoms with van der Waals surface area (Å²) in [4.78, 5) is 8.05. The molecule has 3 nitrogen and oxygen atoms in total. The van der Waals surface area contributed by atoms with Gasteiger partial charge in [0.1, 0.15) is 5.69 Å². The van der Waals surface area contributed by atoms with E-state index in [0.717, 1.165) is 17.1 Å². The number of rotatable bonds is 3. The molecule has 0 atom stereocenters. The van der Waals surface area contributed by atoms with Crippen LogP contribution in [-0.2, 0) is 20.1 Å². The molecule has 0 fully saturated rings. The Labute approximate surface area is 180 Å². The molecule has 0 amide bonds. The van der Waals surface area contributed by atoms with E-state index in [-0.39, 0.29) is 21.5 Å². The van der Waals surface area contributed by atoms with Crippen LogP contribution in [0.5, 0.6) is 0 Å². The molecule has 0 aliphatic rings. The monoisotopic (exact) mass is 544 g/mol. The zero-order valence-corrected chi connectivity index (χ0v) is 18.0. The summed E-state index contributed by atoms with van der Waals surface area (Å²) in [5.74, 6) is 0.791. The average Bonchev–Trinajstić information content (AvgIpc) is 3.17. The molecule has 1 radical (unpaired) electrons. The summed E-state index contributed by atoms with van der Waals surface area (Å²) >= 11 is 0. The topological polar surface area (TPSA) is 22.2 Å². The Balaban J connectivity index is 0.00000150. The quantitative estimate of drug-likeness (QED) is 0.274. The Morgan fingerprint density at radius 2 is 1.71 bits per heavy atom. The molecule has 28 heavy (non-hydrogen) atoms. The van der Waals surface area contributed by atoms with Gasteiger partial charge in [-0.15, -0.1) is 23.8 Å². The number of hydrogen-bond donors (Lipinski definition) is 0. The van der Waals surface area contributed by atoms with Crippen LogP contribution >= 0.6 is 0 Å². The van der Waals surface area contributed by atoms with Gasteiger partial charge in [-0.05, 0) is 48.2 Å². The van der Waals surface area contributed by atoms with Crippen LogP contribution in [0.1, 0.15) is 12.6 Å². The Hall–Kier alpha value is -2.99. The van der Waals surface area contributed by atoms with E-state index in [9.17, 15) is 0 Å². The second-order valence-corrected chi connectivity index (χ2v) is 6.52. The average molecular weight is 544 g/mol. The first-order valence-corrected chi connectivity index (χ1v) is 8.77. The molecule has 0 saturated carbocycles. The maximum Gasteiger partial charge on any atom is 0.109 e. The van der Waals surface area contributed by atoms with E-state index in [0.29, 0.717) is 5.69 Å². The van der Waals surface area contributed by atoms with Gasteiger partial charge in [-0.1, -0.05) is 30.3 Å². The van der Waals surface area contributed by atoms with Gasteiger partial charge in [0.15, 0.2) is 0 Å². The molecule has 0 bridgehead atoms. The van der Waals surface area contributed by atoms with Gasteiger partial charge in [0.2, 0.25) is 0 Å². The van der Waals surface area contributed by atoms with Gasteiger partial charge in [0, 0.05) is 39.6 Å². The SMILES string of the molecule is [2HH].[C-]#[N+]c1cc[c-]c(-c2nccn2-c2c(C)cc(-c3ccccc3)cc2C)c1.[Ir]. The normalized spacial score (nSPS) is 10.2. The molecule has 0 aliphatic carbocycles. The van der Waals surface area contributed by atoms with Crippen molar-refractivity contribution in [1.82, 2.24) is 9.55 Å². The van der Waals surface area contributed by atoms with E-state index in [1.165, 1.54) is 22.3 Å². The smallest absolute Gasteiger partial charge is 0.109 e. The van der Waals surface area contributed by atoms with Crippen molar-refractivity contribution in [3.8, 4) is 28.2 Å². The number of benzene rings is 3. The largest absolute Gasteiger partial charge is 0.340 e. The van der Waals surface area contributed by atoms with Gasteiger partial charge in [0.05, 0.1) is 12.4 Å². The molecule has 0 spiro atoms. The summed E-state index contributed by atoms with van der Waals surface area (Å²) in [7, 11) is 0. The molecule has 0 saturated heterocycles. The van der Waals surface area contributed by atoms with Crippen molar-refractivity contribution in [2.24, 2.45) is 0 Å². The molecule has 0 N–H and O–H groups in total. The summed E-state index contributed by atoms with van der Waals surface area (Å²) in [5.41, 5.74) is 7.29. The maximum atomic E-state index is 7.24. The van der Waals surface area contributed by atoms with Crippen molar-refractivity contribution in [3.63, 3.8) is 0 Å². The third-order valence-corrected chi connectivity index (χ3v) is 4.63. The molecule has 4 aromatic rings. The van der Waals surface area contributed by atoms with Crippen molar-refractivity contribution in [2.45, 2.75) is 13.8 Å². The molecule has 0 unspecified atom stereocenters. The van der Waals surface area contributed by atoms with Crippen LogP contribution in [0.2, 0.25) is 0 Å². The number of imidazole rings is 1. The van der Waals surface area contributed by atoms with Crippen molar-refractivity contribution < 1.29 is 21.5 Å². The molecule has 4 rings (SSSR count). The summed E-state index contributed by atoms with van der Waals surface area (Å²) in [6.45, 7) is 11.5. The second-order valence-electron chi connectivity index (χ2n) is 6.52. The number of nitrogens with zero attached hydrogens (tertiary/aromatic N) is 3. The van der Waals surface area contributed by atoms with E-state index in [4.69, 9.17) is 6.57 Å². The summed E-state index contributed by atoms with van der Waals surface area (Å²) in [6, 6.07) is 23.4. The molecular weight excluding hydrogens is 523 g/mol. The van der Waals surface area contributed by atoms with Crippen LogP contribution in [0.15, 0.2) is 73.1 Å². The molecule has 141 valence electrons. The molecule has 1 aromatic heterocycles. The van der Waals surface area contributed by atoms with Crippen LogP contribution < -0.4 is 0 Å². The van der Waals surface area contributed by atoms with Crippen LogP contribution in [0.3, 0.4) is 0 Å². The summed E-state index contributed by atoms with van der Waals surface area (Å²) in [6.07, 6.45) is 3.75. The van der Waals surface area contributed by atoms with E-state index in [1.54, 1.807) is 18.3 Å². The van der Waals surface area contributed by atoms with Crippen molar-refractivity contribution in [2.75, 3.05) is 0 Å². The van der Waals surface area contributed by atoms with Crippen LogP contribution in [0.25, 0.3) is 33.0 Å². The molecule has 4 heteroatoms. The third kappa shape index (κ3) is 3.68. The maximum absolute atomic E-state index is 7.24. The Kier molecular flexibility index (Phi) is 5.90. The first kappa shape index (κ1) is 19.8. The zero-order valence-electron chi connectivity index (χ0n) is 15.6. The Morgan fingerprint density at radius 3 is 2.39 bits per heavy atom. The van der Waals surface area contributed by atoms with Crippen molar-refractivity contribution in [3.05, 3.63) is 102 Å². The predicted octanol–water partition coefficient (Wildman–Crippen LogP) is 6.42. The first-order valence-electron chi connectivity index (χ1n) is 8.77. The predicted molar refractivity (Wildman–Crippen MR) is 111 cm³/mol. The van der Waals surface area contributed by atoms with Crippen LogP contribution in [0, 0.1) is 26.5 Å². The van der Waals surface area contributed by atoms with E-state index in [1.807, 2.05) is 18.3 Å². The van der Waals surface area contributed by atoms with Crippen molar-refractivity contribution in [1.29, 1.82) is 0 Å². The standard InChI is InChI=1S/C24H18N3.Ir.H2/c1-17-14-21(19-8-5-4-6-9-19)15-18(2)23(17)27-13-12-26-24(27)20-10-7-11-22(16-20)25-3;;/h4-9,11-16H,1-2H3;;1H/q-1;;/i;;1+1. The van der Waals surface area contributed by atoms with Gasteiger partial charge in [-0.3, -0.25) is 9.83 Å². The molecule has 3 aromatic carbocycles. The third-order valence-electron chi connectivity index (χ3n) is 4.63. The minimum Gasteiger partial charge on any atom is -0.340 e. The van der Waals surface area contributed by atoms with Gasteiger partial charge in [-0.25, -0.2) is 0 Å². The number of aryl methyl sites for hydroxylation is 2. The van der Waals surface area contributed by atoms with Gasteiger partial charge in [-0.2, -0.15) is 6.07 Å². The molecule has 0 aliphatic heterocycles. The van der Waals surface area contributed by atoms with Gasteiger partial charge >= 0.3 is 0 Å². The number of hydrogen-bond acceptors (Lipinski definition) is 1. The van der Waals surface area contributed by atoms with Crippen molar-refractivity contribution >= 4 is 5.69 Å². The van der Waals surface area contributed by atoms with E-state index < -0.39 is 0 Å². The van der Waals surface area contributed by atoms with Gasteiger partial charge < -0.3 is 4.57 Å². The Morgan fingerprint density at radius 1 is 1.00 bits per heavy atom.